The molecular weight excluding hydrogens is 373 g/mol. The fourth-order valence-corrected chi connectivity index (χ4v) is 5.07. The summed E-state index contributed by atoms with van der Waals surface area (Å²) < 4.78 is 48.6. The van der Waals surface area contributed by atoms with Crippen molar-refractivity contribution < 1.29 is 17.7 Å². The number of aromatic nitrogens is 4. The standard InChI is InChI=1S/C18H19F3N6O/c19-18(20,21)10-2-1-3-11-12(10)15-22-6-7-26(15)17-13(23-8-27(11)17)14-24-16(28-25-14)9-4-5-9/h6-12,15,22H,1-5H2. The van der Waals surface area contributed by atoms with Crippen LogP contribution in [0.1, 0.15) is 50.0 Å². The molecule has 28 heavy (non-hydrogen) atoms. The van der Waals surface area contributed by atoms with Gasteiger partial charge in [0.15, 0.2) is 5.69 Å². The van der Waals surface area contributed by atoms with Gasteiger partial charge in [-0.1, -0.05) is 11.6 Å². The van der Waals surface area contributed by atoms with Crippen molar-refractivity contribution in [1.29, 1.82) is 0 Å². The van der Waals surface area contributed by atoms with Gasteiger partial charge in [0.2, 0.25) is 11.7 Å². The van der Waals surface area contributed by atoms with E-state index >= 15 is 0 Å². The third kappa shape index (κ3) is 2.26. The van der Waals surface area contributed by atoms with E-state index in [0.717, 1.165) is 18.7 Å². The van der Waals surface area contributed by atoms with Crippen LogP contribution in [0.3, 0.4) is 0 Å². The number of anilines is 1. The minimum Gasteiger partial charge on any atom is -0.369 e. The van der Waals surface area contributed by atoms with Crippen molar-refractivity contribution in [3.8, 4) is 11.5 Å². The molecular formula is C18H19F3N6O. The van der Waals surface area contributed by atoms with Crippen molar-refractivity contribution in [3.05, 3.63) is 24.6 Å². The second-order valence-electron chi connectivity index (χ2n) is 8.11. The van der Waals surface area contributed by atoms with Gasteiger partial charge < -0.3 is 19.3 Å². The second kappa shape index (κ2) is 5.51. The van der Waals surface area contributed by atoms with Crippen LogP contribution in [0.5, 0.6) is 0 Å². The van der Waals surface area contributed by atoms with E-state index in [1.165, 1.54) is 0 Å². The van der Waals surface area contributed by atoms with Crippen LogP contribution >= 0.6 is 0 Å². The van der Waals surface area contributed by atoms with Crippen LogP contribution in [0.4, 0.5) is 19.0 Å². The van der Waals surface area contributed by atoms with Crippen LogP contribution in [-0.4, -0.2) is 32.0 Å². The molecule has 2 aliphatic carbocycles. The first-order chi connectivity index (χ1) is 13.5. The zero-order valence-corrected chi connectivity index (χ0v) is 14.9. The highest BCUT2D eigenvalue weighted by Gasteiger charge is 2.56. The minimum absolute atomic E-state index is 0.170. The molecule has 4 atom stereocenters. The first-order valence-corrected chi connectivity index (χ1v) is 9.71. The average Bonchev–Trinajstić information content (AvgIpc) is 3.10. The van der Waals surface area contributed by atoms with Gasteiger partial charge in [-0.2, -0.15) is 18.2 Å². The third-order valence-corrected chi connectivity index (χ3v) is 6.46. The highest BCUT2D eigenvalue weighted by molar-refractivity contribution is 5.70. The SMILES string of the molecule is FC(F)(F)C1CCCC2C1C1NC=CN1c1c(-c3noc(C4CC4)n3)ncn12. The van der Waals surface area contributed by atoms with E-state index in [1.54, 1.807) is 18.7 Å². The maximum Gasteiger partial charge on any atom is 0.392 e. The van der Waals surface area contributed by atoms with Gasteiger partial charge in [-0.3, -0.25) is 0 Å². The van der Waals surface area contributed by atoms with Gasteiger partial charge in [0.05, 0.1) is 12.2 Å². The van der Waals surface area contributed by atoms with Crippen LogP contribution < -0.4 is 10.2 Å². The molecule has 2 aromatic heterocycles. The zero-order chi connectivity index (χ0) is 19.0. The predicted octanol–water partition coefficient (Wildman–Crippen LogP) is 3.55. The molecule has 2 fully saturated rings. The number of nitrogens with zero attached hydrogens (tertiary/aromatic N) is 5. The molecule has 4 heterocycles. The summed E-state index contributed by atoms with van der Waals surface area (Å²) in [6, 6.07) is -0.264. The van der Waals surface area contributed by atoms with Crippen molar-refractivity contribution in [1.82, 2.24) is 25.0 Å². The molecule has 7 nitrogen and oxygen atoms in total. The fraction of sp³-hybridized carbons (Fsp3) is 0.611. The Bertz CT molecular complexity index is 946. The van der Waals surface area contributed by atoms with E-state index in [4.69, 9.17) is 4.52 Å². The van der Waals surface area contributed by atoms with Gasteiger partial charge in [0, 0.05) is 30.3 Å². The van der Waals surface area contributed by atoms with Crippen LogP contribution in [0.15, 0.2) is 23.3 Å². The molecule has 0 saturated heterocycles. The van der Waals surface area contributed by atoms with Crippen molar-refractivity contribution in [2.24, 2.45) is 11.8 Å². The monoisotopic (exact) mass is 392 g/mol. The molecule has 0 radical (unpaired) electrons. The fourth-order valence-electron chi connectivity index (χ4n) is 5.07. The molecule has 10 heteroatoms. The Morgan fingerprint density at radius 2 is 2.04 bits per heavy atom. The molecule has 4 aliphatic rings. The lowest BCUT2D eigenvalue weighted by Gasteiger charge is -2.49. The number of halogens is 3. The van der Waals surface area contributed by atoms with E-state index < -0.39 is 24.2 Å². The summed E-state index contributed by atoms with van der Waals surface area (Å²) in [5.41, 5.74) is 0.557. The molecule has 0 aromatic carbocycles. The molecule has 148 valence electrons. The molecule has 4 unspecified atom stereocenters. The van der Waals surface area contributed by atoms with Gasteiger partial charge in [-0.05, 0) is 25.7 Å². The minimum atomic E-state index is -4.22. The molecule has 6 rings (SSSR count). The Balaban J connectivity index is 1.45. The van der Waals surface area contributed by atoms with Crippen molar-refractivity contribution in [2.45, 2.75) is 56.4 Å². The normalized spacial score (nSPS) is 31.3. The highest BCUT2D eigenvalue weighted by Crippen LogP contribution is 2.53. The van der Waals surface area contributed by atoms with Gasteiger partial charge in [-0.15, -0.1) is 0 Å². The number of nitrogens with one attached hydrogen (secondary N) is 1. The summed E-state index contributed by atoms with van der Waals surface area (Å²) in [5, 5.41) is 7.23. The topological polar surface area (TPSA) is 72.0 Å². The van der Waals surface area contributed by atoms with Crippen molar-refractivity contribution >= 4 is 5.82 Å². The number of fused-ring (bicyclic) bond motifs is 6. The molecule has 0 spiro atoms. The highest BCUT2D eigenvalue weighted by atomic mass is 19.4. The number of alkyl halides is 3. The van der Waals surface area contributed by atoms with E-state index in [-0.39, 0.29) is 12.5 Å². The van der Waals surface area contributed by atoms with Crippen LogP contribution in [0, 0.1) is 11.8 Å². The largest absolute Gasteiger partial charge is 0.392 e. The van der Waals surface area contributed by atoms with Gasteiger partial charge in [0.1, 0.15) is 12.0 Å². The van der Waals surface area contributed by atoms with E-state index in [0.29, 0.717) is 36.2 Å². The smallest absolute Gasteiger partial charge is 0.369 e. The Morgan fingerprint density at radius 3 is 2.82 bits per heavy atom. The lowest BCUT2D eigenvalue weighted by Crippen LogP contribution is -2.56. The first kappa shape index (κ1) is 16.4. The maximum absolute atomic E-state index is 13.8. The molecule has 1 N–H and O–H groups in total. The summed E-state index contributed by atoms with van der Waals surface area (Å²) in [4.78, 5) is 10.8. The van der Waals surface area contributed by atoms with Gasteiger partial charge in [0.25, 0.3) is 0 Å². The lowest BCUT2D eigenvalue weighted by molar-refractivity contribution is -0.205. The molecule has 2 aromatic rings. The summed E-state index contributed by atoms with van der Waals surface area (Å²) in [7, 11) is 0. The van der Waals surface area contributed by atoms with Crippen LogP contribution in [0.25, 0.3) is 11.5 Å². The molecule has 0 bridgehead atoms. The van der Waals surface area contributed by atoms with Crippen molar-refractivity contribution in [2.75, 3.05) is 4.90 Å². The Hall–Kier alpha value is -2.52. The van der Waals surface area contributed by atoms with Gasteiger partial charge >= 0.3 is 6.18 Å². The molecule has 2 saturated carbocycles. The zero-order valence-electron chi connectivity index (χ0n) is 14.9. The number of imidazole rings is 1. The van der Waals surface area contributed by atoms with Crippen LogP contribution in [0.2, 0.25) is 0 Å². The quantitative estimate of drug-likeness (QED) is 0.843. The predicted molar refractivity (Wildman–Crippen MR) is 92.0 cm³/mol. The first-order valence-electron chi connectivity index (χ1n) is 9.71. The maximum atomic E-state index is 13.8. The Kier molecular flexibility index (Phi) is 3.24. The summed E-state index contributed by atoms with van der Waals surface area (Å²) in [5.74, 6) is 0.167. The second-order valence-corrected chi connectivity index (χ2v) is 8.11. The number of hydrogen-bond donors (Lipinski definition) is 1. The Morgan fingerprint density at radius 1 is 1.18 bits per heavy atom. The number of hydrogen-bond acceptors (Lipinski definition) is 6. The van der Waals surface area contributed by atoms with Crippen LogP contribution in [-0.2, 0) is 0 Å². The van der Waals surface area contributed by atoms with E-state index in [1.807, 2.05) is 9.47 Å². The summed E-state index contributed by atoms with van der Waals surface area (Å²) in [6.45, 7) is 0. The Labute approximate surface area is 158 Å². The molecule has 2 aliphatic heterocycles. The molecule has 0 amide bonds. The number of rotatable bonds is 2. The third-order valence-electron chi connectivity index (χ3n) is 6.46. The summed E-state index contributed by atoms with van der Waals surface area (Å²) >= 11 is 0. The van der Waals surface area contributed by atoms with E-state index in [2.05, 4.69) is 20.4 Å². The van der Waals surface area contributed by atoms with Crippen molar-refractivity contribution in [3.63, 3.8) is 0 Å². The summed E-state index contributed by atoms with van der Waals surface area (Å²) in [6.07, 6.45) is 3.97. The van der Waals surface area contributed by atoms with Gasteiger partial charge in [-0.25, -0.2) is 4.98 Å². The lowest BCUT2D eigenvalue weighted by atomic mass is 9.72. The van der Waals surface area contributed by atoms with E-state index in [9.17, 15) is 13.2 Å². The average molecular weight is 392 g/mol.